The van der Waals surface area contributed by atoms with Crippen LogP contribution in [0.2, 0.25) is 0 Å². The smallest absolute Gasteiger partial charge is 0.288 e. The number of nitrogens with one attached hydrogen (secondary N) is 2. The third-order valence-corrected chi connectivity index (χ3v) is 5.78. The van der Waals surface area contributed by atoms with Gasteiger partial charge in [-0.25, -0.2) is 4.52 Å². The maximum atomic E-state index is 12.6. The summed E-state index contributed by atoms with van der Waals surface area (Å²) in [5, 5.41) is 11.8. The molecule has 3 rings (SSSR count). The van der Waals surface area contributed by atoms with E-state index >= 15 is 0 Å². The van der Waals surface area contributed by atoms with Crippen molar-refractivity contribution in [2.75, 3.05) is 0 Å². The Bertz CT molecular complexity index is 1040. The Morgan fingerprint density at radius 1 is 1.10 bits per heavy atom. The number of rotatable bonds is 5. The standard InChI is InChI=1S/C21H31N5O2S/c1-13-9-10-15(20(3,4)5)11-16(13)28-29(27)25-14(2)19-23-22-18-12-17(21(6,7)8)24-26(18)19/h9-12,14,24-25H,1-8H3. The summed E-state index contributed by atoms with van der Waals surface area (Å²) in [5.41, 5.74) is 3.81. The van der Waals surface area contributed by atoms with Crippen LogP contribution in [0.1, 0.15) is 77.2 Å². The molecule has 0 saturated heterocycles. The molecule has 0 bridgehead atoms. The van der Waals surface area contributed by atoms with Gasteiger partial charge in [0.25, 0.3) is 11.3 Å². The van der Waals surface area contributed by atoms with Gasteiger partial charge >= 0.3 is 0 Å². The molecule has 0 fully saturated rings. The largest absolute Gasteiger partial charge is 0.389 e. The number of aromatic amines is 1. The van der Waals surface area contributed by atoms with Gasteiger partial charge in [0.15, 0.2) is 11.5 Å². The van der Waals surface area contributed by atoms with Crippen LogP contribution in [-0.4, -0.2) is 24.0 Å². The van der Waals surface area contributed by atoms with E-state index in [1.807, 2.05) is 36.6 Å². The van der Waals surface area contributed by atoms with Crippen LogP contribution in [0.25, 0.3) is 5.65 Å². The maximum absolute atomic E-state index is 12.6. The van der Waals surface area contributed by atoms with Gasteiger partial charge in [-0.3, -0.25) is 5.10 Å². The summed E-state index contributed by atoms with van der Waals surface area (Å²) in [5.74, 6) is 1.25. The van der Waals surface area contributed by atoms with Crippen LogP contribution in [0, 0.1) is 6.92 Å². The molecule has 2 heterocycles. The molecule has 1 aromatic carbocycles. The van der Waals surface area contributed by atoms with Gasteiger partial charge in [-0.15, -0.1) is 10.2 Å². The van der Waals surface area contributed by atoms with Crippen molar-refractivity contribution in [1.29, 1.82) is 0 Å². The van der Waals surface area contributed by atoms with Gasteiger partial charge in [-0.05, 0) is 36.5 Å². The number of hydrogen-bond acceptors (Lipinski definition) is 4. The van der Waals surface area contributed by atoms with Gasteiger partial charge in [0, 0.05) is 17.2 Å². The van der Waals surface area contributed by atoms with E-state index in [0.29, 0.717) is 11.6 Å². The highest BCUT2D eigenvalue weighted by Crippen LogP contribution is 2.29. The zero-order chi connectivity index (χ0) is 21.6. The van der Waals surface area contributed by atoms with E-state index in [1.54, 1.807) is 0 Å². The van der Waals surface area contributed by atoms with E-state index < -0.39 is 11.3 Å². The second-order valence-electron chi connectivity index (χ2n) is 9.56. The van der Waals surface area contributed by atoms with Crippen molar-refractivity contribution in [2.24, 2.45) is 0 Å². The molecule has 8 heteroatoms. The van der Waals surface area contributed by atoms with Gasteiger partial charge in [-0.1, -0.05) is 53.7 Å². The van der Waals surface area contributed by atoms with Crippen LogP contribution < -0.4 is 8.91 Å². The van der Waals surface area contributed by atoms with Crippen molar-refractivity contribution in [3.8, 4) is 5.75 Å². The molecule has 0 amide bonds. The molecule has 158 valence electrons. The number of benzene rings is 1. The minimum Gasteiger partial charge on any atom is -0.389 e. The number of hydrogen-bond donors (Lipinski definition) is 2. The molecule has 2 N–H and O–H groups in total. The Labute approximate surface area is 175 Å². The molecule has 29 heavy (non-hydrogen) atoms. The summed E-state index contributed by atoms with van der Waals surface area (Å²) in [4.78, 5) is 0. The Kier molecular flexibility index (Phi) is 5.62. The highest BCUT2D eigenvalue weighted by molar-refractivity contribution is 7.78. The number of H-pyrrole nitrogens is 1. The zero-order valence-corrected chi connectivity index (χ0v) is 19.3. The maximum Gasteiger partial charge on any atom is 0.288 e. The minimum absolute atomic E-state index is 0.0144. The molecule has 0 aliphatic carbocycles. The topological polar surface area (TPSA) is 84.3 Å². The molecule has 0 radical (unpaired) electrons. The van der Waals surface area contributed by atoms with E-state index in [2.05, 4.69) is 67.6 Å². The molecule has 0 spiro atoms. The lowest BCUT2D eigenvalue weighted by atomic mass is 9.86. The average Bonchev–Trinajstić information content (AvgIpc) is 3.15. The number of aromatic nitrogens is 4. The quantitative estimate of drug-likeness (QED) is 0.649. The third-order valence-electron chi connectivity index (χ3n) is 4.91. The number of nitrogens with zero attached hydrogens (tertiary/aromatic N) is 3. The van der Waals surface area contributed by atoms with Crippen LogP contribution in [0.5, 0.6) is 5.75 Å². The first-order chi connectivity index (χ1) is 13.4. The lowest BCUT2D eigenvalue weighted by Crippen LogP contribution is -2.27. The molecule has 2 aromatic heterocycles. The molecule has 2 atom stereocenters. The van der Waals surface area contributed by atoms with Gasteiger partial charge in [0.1, 0.15) is 5.75 Å². The number of aryl methyl sites for hydroxylation is 1. The van der Waals surface area contributed by atoms with Gasteiger partial charge in [0.05, 0.1) is 6.04 Å². The van der Waals surface area contributed by atoms with Crippen LogP contribution >= 0.6 is 0 Å². The second kappa shape index (κ2) is 7.57. The van der Waals surface area contributed by atoms with E-state index in [0.717, 1.165) is 22.5 Å². The summed E-state index contributed by atoms with van der Waals surface area (Å²) < 4.78 is 23.1. The molecular weight excluding hydrogens is 386 g/mol. The van der Waals surface area contributed by atoms with Gasteiger partial charge in [-0.2, -0.15) is 8.93 Å². The Morgan fingerprint density at radius 3 is 2.41 bits per heavy atom. The Balaban J connectivity index is 1.76. The lowest BCUT2D eigenvalue weighted by molar-refractivity contribution is 0.518. The summed E-state index contributed by atoms with van der Waals surface area (Å²) >= 11 is -1.73. The zero-order valence-electron chi connectivity index (χ0n) is 18.5. The van der Waals surface area contributed by atoms with Crippen molar-refractivity contribution >= 4 is 16.9 Å². The van der Waals surface area contributed by atoms with Crippen LogP contribution in [-0.2, 0) is 22.1 Å². The van der Waals surface area contributed by atoms with E-state index in [4.69, 9.17) is 4.18 Å². The SMILES string of the molecule is Cc1ccc(C(C)(C)C)cc1OS(=O)NC(C)c1nnc2cc(C(C)(C)C)[nH]n12. The van der Waals surface area contributed by atoms with Crippen LogP contribution in [0.15, 0.2) is 24.3 Å². The van der Waals surface area contributed by atoms with Crippen molar-refractivity contribution in [2.45, 2.75) is 72.3 Å². The second-order valence-corrected chi connectivity index (χ2v) is 10.4. The number of fused-ring (bicyclic) bond motifs is 1. The first-order valence-electron chi connectivity index (χ1n) is 9.78. The van der Waals surface area contributed by atoms with Crippen molar-refractivity contribution in [3.05, 3.63) is 46.9 Å². The molecular formula is C21H31N5O2S. The molecule has 7 nitrogen and oxygen atoms in total. The predicted octanol–water partition coefficient (Wildman–Crippen LogP) is 4.27. The molecule has 0 saturated carbocycles. The van der Waals surface area contributed by atoms with Gasteiger partial charge < -0.3 is 4.18 Å². The highest BCUT2D eigenvalue weighted by atomic mass is 32.2. The van der Waals surface area contributed by atoms with E-state index in [9.17, 15) is 4.21 Å². The normalized spacial score (nSPS) is 14.9. The first kappa shape index (κ1) is 21.5. The summed E-state index contributed by atoms with van der Waals surface area (Å²) in [6.45, 7) is 16.6. The fraction of sp³-hybridized carbons (Fsp3) is 0.524. The minimum atomic E-state index is -1.73. The van der Waals surface area contributed by atoms with E-state index in [1.165, 1.54) is 0 Å². The predicted molar refractivity (Wildman–Crippen MR) is 116 cm³/mol. The summed E-state index contributed by atoms with van der Waals surface area (Å²) in [7, 11) is 0. The molecule has 2 unspecified atom stereocenters. The lowest BCUT2D eigenvalue weighted by Gasteiger charge is -2.20. The summed E-state index contributed by atoms with van der Waals surface area (Å²) in [6.07, 6.45) is 0. The molecule has 0 aliphatic rings. The Morgan fingerprint density at radius 2 is 1.79 bits per heavy atom. The van der Waals surface area contributed by atoms with Crippen molar-refractivity contribution in [1.82, 2.24) is 24.5 Å². The molecule has 0 aliphatic heterocycles. The molecule has 3 aromatic rings. The average molecular weight is 418 g/mol. The highest BCUT2D eigenvalue weighted by Gasteiger charge is 2.23. The first-order valence-corrected chi connectivity index (χ1v) is 10.9. The third kappa shape index (κ3) is 4.70. The van der Waals surface area contributed by atoms with Crippen LogP contribution in [0.3, 0.4) is 0 Å². The van der Waals surface area contributed by atoms with E-state index in [-0.39, 0.29) is 16.9 Å². The summed E-state index contributed by atoms with van der Waals surface area (Å²) in [6, 6.07) is 7.67. The van der Waals surface area contributed by atoms with Crippen molar-refractivity contribution < 1.29 is 8.39 Å². The Hall–Kier alpha value is -2.19. The fourth-order valence-electron chi connectivity index (χ4n) is 2.92. The monoisotopic (exact) mass is 417 g/mol. The van der Waals surface area contributed by atoms with Gasteiger partial charge in [0.2, 0.25) is 0 Å². The van der Waals surface area contributed by atoms with Crippen molar-refractivity contribution in [3.63, 3.8) is 0 Å². The fourth-order valence-corrected chi connectivity index (χ4v) is 3.71. The van der Waals surface area contributed by atoms with Crippen LogP contribution in [0.4, 0.5) is 0 Å².